The Balaban J connectivity index is 2.14. The van der Waals surface area contributed by atoms with Gasteiger partial charge in [-0.15, -0.1) is 0 Å². The fourth-order valence-corrected chi connectivity index (χ4v) is 1.69. The van der Waals surface area contributed by atoms with E-state index in [1.165, 1.54) is 12.8 Å². The lowest BCUT2D eigenvalue weighted by molar-refractivity contribution is 0.0649. The molecule has 1 rings (SSSR count). The summed E-state index contributed by atoms with van der Waals surface area (Å²) in [5, 5.41) is 3.58. The maximum Gasteiger partial charge on any atom is 0.0469 e. The summed E-state index contributed by atoms with van der Waals surface area (Å²) in [4.78, 5) is 2.27. The topological polar surface area (TPSA) is 24.5 Å². The van der Waals surface area contributed by atoms with Gasteiger partial charge in [0.05, 0.1) is 0 Å². The lowest BCUT2D eigenvalue weighted by Gasteiger charge is -2.33. The van der Waals surface area contributed by atoms with E-state index in [1.54, 1.807) is 0 Å². The number of hydrogen-bond donors (Lipinski definition) is 1. The molecule has 1 aliphatic rings. The van der Waals surface area contributed by atoms with Gasteiger partial charge in [0.1, 0.15) is 0 Å². The molecule has 0 atom stereocenters. The maximum absolute atomic E-state index is 5.35. The third-order valence-electron chi connectivity index (χ3n) is 3.54. The zero-order chi connectivity index (χ0) is 11.3. The summed E-state index contributed by atoms with van der Waals surface area (Å²) in [6, 6.07) is 0. The van der Waals surface area contributed by atoms with Gasteiger partial charge in [-0.05, 0) is 53.2 Å². The third kappa shape index (κ3) is 4.49. The average Bonchev–Trinajstić information content (AvgIpc) is 2.19. The van der Waals surface area contributed by atoms with Crippen LogP contribution in [-0.2, 0) is 4.74 Å². The highest BCUT2D eigenvalue weighted by Crippen LogP contribution is 2.14. The average molecular weight is 214 g/mol. The van der Waals surface area contributed by atoms with Gasteiger partial charge in [0, 0.05) is 25.3 Å². The van der Waals surface area contributed by atoms with E-state index >= 15 is 0 Å². The molecule has 0 amide bonds. The minimum absolute atomic E-state index is 0.241. The quantitative estimate of drug-likeness (QED) is 0.747. The Morgan fingerprint density at radius 1 is 1.27 bits per heavy atom. The van der Waals surface area contributed by atoms with Crippen molar-refractivity contribution in [1.82, 2.24) is 10.2 Å². The molecule has 1 saturated heterocycles. The van der Waals surface area contributed by atoms with Crippen LogP contribution in [0.2, 0.25) is 0 Å². The first-order chi connectivity index (χ1) is 7.02. The molecule has 0 aliphatic carbocycles. The summed E-state index contributed by atoms with van der Waals surface area (Å²) in [5.41, 5.74) is 0.241. The Hall–Kier alpha value is -0.120. The number of nitrogens with one attached hydrogen (secondary N) is 1. The molecule has 1 heterocycles. The Labute approximate surface area is 94.2 Å². The van der Waals surface area contributed by atoms with Crippen LogP contribution in [0, 0.1) is 5.92 Å². The number of nitrogens with zero attached hydrogens (tertiary/aromatic N) is 1. The second-order valence-corrected chi connectivity index (χ2v) is 5.39. The van der Waals surface area contributed by atoms with Gasteiger partial charge in [0.2, 0.25) is 0 Å². The minimum atomic E-state index is 0.241. The van der Waals surface area contributed by atoms with Crippen LogP contribution in [-0.4, -0.2) is 50.8 Å². The van der Waals surface area contributed by atoms with Crippen molar-refractivity contribution in [1.29, 1.82) is 0 Å². The summed E-state index contributed by atoms with van der Waals surface area (Å²) < 4.78 is 5.35. The van der Waals surface area contributed by atoms with E-state index in [2.05, 4.69) is 38.2 Å². The molecule has 0 aromatic heterocycles. The second-order valence-electron chi connectivity index (χ2n) is 5.39. The van der Waals surface area contributed by atoms with E-state index < -0.39 is 0 Å². The maximum atomic E-state index is 5.35. The van der Waals surface area contributed by atoms with Gasteiger partial charge in [-0.1, -0.05) is 0 Å². The first-order valence-electron chi connectivity index (χ1n) is 5.98. The van der Waals surface area contributed by atoms with Crippen molar-refractivity contribution in [3.05, 3.63) is 0 Å². The number of hydrogen-bond acceptors (Lipinski definition) is 3. The van der Waals surface area contributed by atoms with Crippen molar-refractivity contribution >= 4 is 0 Å². The van der Waals surface area contributed by atoms with Crippen LogP contribution in [0.3, 0.4) is 0 Å². The summed E-state index contributed by atoms with van der Waals surface area (Å²) >= 11 is 0. The molecule has 3 nitrogen and oxygen atoms in total. The van der Waals surface area contributed by atoms with Crippen LogP contribution in [0.15, 0.2) is 0 Å². The molecule has 0 aromatic rings. The zero-order valence-corrected chi connectivity index (χ0v) is 10.7. The van der Waals surface area contributed by atoms with Gasteiger partial charge < -0.3 is 15.0 Å². The molecule has 3 heteroatoms. The van der Waals surface area contributed by atoms with E-state index in [0.717, 1.165) is 32.2 Å². The third-order valence-corrected chi connectivity index (χ3v) is 3.54. The van der Waals surface area contributed by atoms with Crippen LogP contribution in [0.1, 0.15) is 26.7 Å². The Morgan fingerprint density at radius 2 is 1.87 bits per heavy atom. The number of rotatable bonds is 5. The Kier molecular flexibility index (Phi) is 5.03. The monoisotopic (exact) mass is 214 g/mol. The molecular weight excluding hydrogens is 188 g/mol. The van der Waals surface area contributed by atoms with E-state index in [4.69, 9.17) is 4.74 Å². The minimum Gasteiger partial charge on any atom is -0.381 e. The van der Waals surface area contributed by atoms with Gasteiger partial charge in [-0.2, -0.15) is 0 Å². The molecule has 0 saturated carbocycles. The first kappa shape index (κ1) is 12.9. The Bertz CT molecular complexity index is 174. The molecule has 1 fully saturated rings. The van der Waals surface area contributed by atoms with Gasteiger partial charge in [0.15, 0.2) is 0 Å². The van der Waals surface area contributed by atoms with Crippen LogP contribution >= 0.6 is 0 Å². The molecule has 0 bridgehead atoms. The number of ether oxygens (including phenoxy) is 1. The van der Waals surface area contributed by atoms with Gasteiger partial charge >= 0.3 is 0 Å². The van der Waals surface area contributed by atoms with Crippen molar-refractivity contribution in [2.75, 3.05) is 40.4 Å². The highest BCUT2D eigenvalue weighted by molar-refractivity contribution is 4.80. The van der Waals surface area contributed by atoms with Crippen molar-refractivity contribution in [2.24, 2.45) is 5.92 Å². The van der Waals surface area contributed by atoms with Gasteiger partial charge in [0.25, 0.3) is 0 Å². The molecule has 1 N–H and O–H groups in total. The fourth-order valence-electron chi connectivity index (χ4n) is 1.69. The molecule has 0 unspecified atom stereocenters. The SMILES string of the molecule is CN(C)C(C)(C)CNCC1CCOCC1. The van der Waals surface area contributed by atoms with Crippen LogP contribution in [0.25, 0.3) is 0 Å². The highest BCUT2D eigenvalue weighted by Gasteiger charge is 2.20. The lowest BCUT2D eigenvalue weighted by atomic mass is 9.99. The molecular formula is C12H26N2O. The lowest BCUT2D eigenvalue weighted by Crippen LogP contribution is -2.47. The summed E-state index contributed by atoms with van der Waals surface area (Å²) in [6.07, 6.45) is 2.44. The molecule has 1 aliphatic heterocycles. The largest absolute Gasteiger partial charge is 0.381 e. The van der Waals surface area contributed by atoms with Crippen molar-refractivity contribution in [2.45, 2.75) is 32.2 Å². The van der Waals surface area contributed by atoms with Crippen LogP contribution in [0.4, 0.5) is 0 Å². The molecule has 0 aromatic carbocycles. The van der Waals surface area contributed by atoms with Crippen molar-refractivity contribution < 1.29 is 4.74 Å². The van der Waals surface area contributed by atoms with E-state index in [9.17, 15) is 0 Å². The van der Waals surface area contributed by atoms with Crippen LogP contribution < -0.4 is 5.32 Å². The predicted molar refractivity (Wildman–Crippen MR) is 64.2 cm³/mol. The second kappa shape index (κ2) is 5.83. The fraction of sp³-hybridized carbons (Fsp3) is 1.00. The van der Waals surface area contributed by atoms with Crippen molar-refractivity contribution in [3.8, 4) is 0 Å². The normalized spacial score (nSPS) is 19.8. The molecule has 0 radical (unpaired) electrons. The smallest absolute Gasteiger partial charge is 0.0469 e. The van der Waals surface area contributed by atoms with Gasteiger partial charge in [-0.3, -0.25) is 0 Å². The predicted octanol–water partition coefficient (Wildman–Crippen LogP) is 1.34. The van der Waals surface area contributed by atoms with Gasteiger partial charge in [-0.25, -0.2) is 0 Å². The first-order valence-corrected chi connectivity index (χ1v) is 5.98. The van der Waals surface area contributed by atoms with Crippen LogP contribution in [0.5, 0.6) is 0 Å². The van der Waals surface area contributed by atoms with E-state index in [-0.39, 0.29) is 5.54 Å². The summed E-state index contributed by atoms with van der Waals surface area (Å²) in [6.45, 7) is 8.62. The number of likely N-dealkylation sites (N-methyl/N-ethyl adjacent to an activating group) is 1. The van der Waals surface area contributed by atoms with E-state index in [0.29, 0.717) is 0 Å². The Morgan fingerprint density at radius 3 is 2.40 bits per heavy atom. The summed E-state index contributed by atoms with van der Waals surface area (Å²) in [7, 11) is 4.27. The standard InChI is InChI=1S/C12H26N2O/c1-12(2,14(3)4)10-13-9-11-5-7-15-8-6-11/h11,13H,5-10H2,1-4H3. The molecule has 90 valence electrons. The highest BCUT2D eigenvalue weighted by atomic mass is 16.5. The van der Waals surface area contributed by atoms with Crippen molar-refractivity contribution in [3.63, 3.8) is 0 Å². The molecule has 15 heavy (non-hydrogen) atoms. The summed E-state index contributed by atoms with van der Waals surface area (Å²) in [5.74, 6) is 0.816. The van der Waals surface area contributed by atoms with E-state index in [1.807, 2.05) is 0 Å². The zero-order valence-electron chi connectivity index (χ0n) is 10.7. The molecule has 0 spiro atoms.